The van der Waals surface area contributed by atoms with Gasteiger partial charge in [-0.3, -0.25) is 4.98 Å². The van der Waals surface area contributed by atoms with E-state index >= 15 is 0 Å². The maximum Gasteiger partial charge on any atom is 0.0992 e. The molecule has 96 valence electrons. The fourth-order valence-electron chi connectivity index (χ4n) is 1.65. The van der Waals surface area contributed by atoms with E-state index in [9.17, 15) is 0 Å². The summed E-state index contributed by atoms with van der Waals surface area (Å²) in [6, 6.07) is 9.13. The summed E-state index contributed by atoms with van der Waals surface area (Å²) in [5, 5.41) is 15.7. The summed E-state index contributed by atoms with van der Waals surface area (Å²) in [4.78, 5) is 4.14. The first-order chi connectivity index (χ1) is 9.22. The molecule has 1 aromatic heterocycles. The van der Waals surface area contributed by atoms with Crippen LogP contribution in [-0.2, 0) is 0 Å². The molecule has 2 aromatic rings. The van der Waals surface area contributed by atoms with E-state index in [0.29, 0.717) is 10.6 Å². The summed E-state index contributed by atoms with van der Waals surface area (Å²) in [6.45, 7) is 2.86. The Labute approximate surface area is 117 Å². The van der Waals surface area contributed by atoms with Gasteiger partial charge in [-0.05, 0) is 31.2 Å². The number of benzene rings is 1. The highest BCUT2D eigenvalue weighted by Gasteiger charge is 2.03. The van der Waals surface area contributed by atoms with Crippen molar-refractivity contribution in [2.45, 2.75) is 6.92 Å². The van der Waals surface area contributed by atoms with Crippen LogP contribution in [-0.4, -0.2) is 11.5 Å². The third kappa shape index (κ3) is 3.36. The summed E-state index contributed by atoms with van der Waals surface area (Å²) in [7, 11) is 0. The molecule has 1 aromatic carbocycles. The first-order valence-corrected chi connectivity index (χ1v) is 6.26. The Kier molecular flexibility index (Phi) is 4.22. The van der Waals surface area contributed by atoms with Gasteiger partial charge in [-0.15, -0.1) is 0 Å². The van der Waals surface area contributed by atoms with Crippen LogP contribution in [0.25, 0.3) is 0 Å². The number of nitrogens with zero attached hydrogens (tertiary/aromatic N) is 2. The standard InChI is InChI=1S/C14H13ClN4/c1-2-18-11-6-12(9-17-8-11)19-14-4-3-10(7-16)5-13(14)15/h3-6,8-9,18-19H,2H2,1H3. The Balaban J connectivity index is 2.21. The minimum atomic E-state index is 0.507. The number of nitrogens with one attached hydrogen (secondary N) is 2. The van der Waals surface area contributed by atoms with Crippen molar-refractivity contribution in [2.75, 3.05) is 17.2 Å². The maximum atomic E-state index is 8.79. The predicted octanol–water partition coefficient (Wildman–Crippen LogP) is 3.78. The van der Waals surface area contributed by atoms with Crippen molar-refractivity contribution in [3.63, 3.8) is 0 Å². The monoisotopic (exact) mass is 272 g/mol. The number of anilines is 3. The van der Waals surface area contributed by atoms with Gasteiger partial charge in [0.25, 0.3) is 0 Å². The molecule has 1 heterocycles. The largest absolute Gasteiger partial charge is 0.384 e. The van der Waals surface area contributed by atoms with E-state index in [2.05, 4.69) is 21.7 Å². The van der Waals surface area contributed by atoms with Crippen molar-refractivity contribution >= 4 is 28.7 Å². The van der Waals surface area contributed by atoms with Crippen molar-refractivity contribution < 1.29 is 0 Å². The highest BCUT2D eigenvalue weighted by Crippen LogP contribution is 2.26. The summed E-state index contributed by atoms with van der Waals surface area (Å²) >= 11 is 6.11. The van der Waals surface area contributed by atoms with Gasteiger partial charge in [0.05, 0.1) is 46.1 Å². The summed E-state index contributed by atoms with van der Waals surface area (Å²) in [5.74, 6) is 0. The van der Waals surface area contributed by atoms with Crippen LogP contribution in [0.1, 0.15) is 12.5 Å². The molecule has 5 heteroatoms. The van der Waals surface area contributed by atoms with Crippen molar-refractivity contribution in [1.29, 1.82) is 5.26 Å². The van der Waals surface area contributed by atoms with Crippen LogP contribution in [0, 0.1) is 11.3 Å². The van der Waals surface area contributed by atoms with Crippen LogP contribution >= 0.6 is 11.6 Å². The molecule has 0 unspecified atom stereocenters. The normalized spacial score (nSPS) is 9.74. The molecule has 0 radical (unpaired) electrons. The molecule has 0 atom stereocenters. The van der Waals surface area contributed by atoms with E-state index in [1.54, 1.807) is 30.6 Å². The molecule has 0 aliphatic carbocycles. The van der Waals surface area contributed by atoms with E-state index in [0.717, 1.165) is 23.6 Å². The average molecular weight is 273 g/mol. The van der Waals surface area contributed by atoms with Gasteiger partial charge in [-0.25, -0.2) is 0 Å². The van der Waals surface area contributed by atoms with Crippen LogP contribution in [0.2, 0.25) is 5.02 Å². The van der Waals surface area contributed by atoms with Crippen LogP contribution in [0.3, 0.4) is 0 Å². The fraction of sp³-hybridized carbons (Fsp3) is 0.143. The number of pyridine rings is 1. The van der Waals surface area contributed by atoms with Gasteiger partial charge in [0.1, 0.15) is 0 Å². The van der Waals surface area contributed by atoms with Gasteiger partial charge >= 0.3 is 0 Å². The minimum absolute atomic E-state index is 0.507. The van der Waals surface area contributed by atoms with E-state index in [-0.39, 0.29) is 0 Å². The lowest BCUT2D eigenvalue weighted by Crippen LogP contribution is -1.99. The highest BCUT2D eigenvalue weighted by molar-refractivity contribution is 6.33. The molecule has 0 bridgehead atoms. The molecule has 2 N–H and O–H groups in total. The Hall–Kier alpha value is -2.25. The minimum Gasteiger partial charge on any atom is -0.384 e. The van der Waals surface area contributed by atoms with Gasteiger partial charge < -0.3 is 10.6 Å². The zero-order valence-corrected chi connectivity index (χ0v) is 11.2. The lowest BCUT2D eigenvalue weighted by atomic mass is 10.2. The summed E-state index contributed by atoms with van der Waals surface area (Å²) in [6.07, 6.45) is 3.48. The Bertz CT molecular complexity index is 619. The lowest BCUT2D eigenvalue weighted by Gasteiger charge is -2.10. The second-order valence-electron chi connectivity index (χ2n) is 3.92. The smallest absolute Gasteiger partial charge is 0.0992 e. The average Bonchev–Trinajstić information content (AvgIpc) is 2.42. The van der Waals surface area contributed by atoms with Crippen LogP contribution in [0.4, 0.5) is 17.1 Å². The quantitative estimate of drug-likeness (QED) is 0.889. The molecule has 4 nitrogen and oxygen atoms in total. The Morgan fingerprint density at radius 1 is 1.26 bits per heavy atom. The molecule has 0 saturated carbocycles. The number of aromatic nitrogens is 1. The number of nitriles is 1. The molecule has 0 aliphatic heterocycles. The van der Waals surface area contributed by atoms with E-state index in [1.165, 1.54) is 0 Å². The second-order valence-corrected chi connectivity index (χ2v) is 4.33. The van der Waals surface area contributed by atoms with Crippen molar-refractivity contribution in [1.82, 2.24) is 4.98 Å². The first kappa shape index (κ1) is 13.2. The van der Waals surface area contributed by atoms with Crippen LogP contribution in [0.5, 0.6) is 0 Å². The van der Waals surface area contributed by atoms with Crippen molar-refractivity contribution in [2.24, 2.45) is 0 Å². The summed E-state index contributed by atoms with van der Waals surface area (Å²) < 4.78 is 0. The van der Waals surface area contributed by atoms with Crippen LogP contribution in [0.15, 0.2) is 36.7 Å². The number of halogens is 1. The first-order valence-electron chi connectivity index (χ1n) is 5.88. The molecular formula is C14H13ClN4. The van der Waals surface area contributed by atoms with E-state index < -0.39 is 0 Å². The third-order valence-electron chi connectivity index (χ3n) is 2.50. The third-order valence-corrected chi connectivity index (χ3v) is 2.81. The molecule has 0 saturated heterocycles. The van der Waals surface area contributed by atoms with Crippen LogP contribution < -0.4 is 10.6 Å². The zero-order valence-electron chi connectivity index (χ0n) is 10.4. The topological polar surface area (TPSA) is 60.7 Å². The molecule has 0 fully saturated rings. The Morgan fingerprint density at radius 2 is 2.05 bits per heavy atom. The van der Waals surface area contributed by atoms with Gasteiger partial charge in [0, 0.05) is 6.54 Å². The Morgan fingerprint density at radius 3 is 2.74 bits per heavy atom. The fourth-order valence-corrected chi connectivity index (χ4v) is 1.88. The van der Waals surface area contributed by atoms with Gasteiger partial charge in [0.15, 0.2) is 0 Å². The lowest BCUT2D eigenvalue weighted by molar-refractivity contribution is 1.19. The molecule has 0 amide bonds. The molecule has 19 heavy (non-hydrogen) atoms. The maximum absolute atomic E-state index is 8.79. The number of rotatable bonds is 4. The van der Waals surface area contributed by atoms with Crippen molar-refractivity contribution in [3.05, 3.63) is 47.2 Å². The van der Waals surface area contributed by atoms with E-state index in [1.807, 2.05) is 13.0 Å². The SMILES string of the molecule is CCNc1cncc(Nc2ccc(C#N)cc2Cl)c1. The highest BCUT2D eigenvalue weighted by atomic mass is 35.5. The molecule has 2 rings (SSSR count). The number of hydrogen-bond acceptors (Lipinski definition) is 4. The van der Waals surface area contributed by atoms with Crippen molar-refractivity contribution in [3.8, 4) is 6.07 Å². The molecule has 0 spiro atoms. The molecule has 0 aliphatic rings. The molecular weight excluding hydrogens is 260 g/mol. The van der Waals surface area contributed by atoms with Gasteiger partial charge in [-0.2, -0.15) is 5.26 Å². The van der Waals surface area contributed by atoms with E-state index in [4.69, 9.17) is 16.9 Å². The zero-order chi connectivity index (χ0) is 13.7. The second kappa shape index (κ2) is 6.07. The summed E-state index contributed by atoms with van der Waals surface area (Å²) in [5.41, 5.74) is 3.06. The van der Waals surface area contributed by atoms with Gasteiger partial charge in [0.2, 0.25) is 0 Å². The van der Waals surface area contributed by atoms with Gasteiger partial charge in [-0.1, -0.05) is 11.6 Å². The number of hydrogen-bond donors (Lipinski definition) is 2. The predicted molar refractivity (Wildman–Crippen MR) is 77.9 cm³/mol.